The number of halogens is 2. The molecule has 1 aliphatic heterocycles. The monoisotopic (exact) mass is 334 g/mol. The molecule has 5 nitrogen and oxygen atoms in total. The summed E-state index contributed by atoms with van der Waals surface area (Å²) in [6, 6.07) is 8.12. The topological polar surface area (TPSA) is 71.2 Å². The Morgan fingerprint density at radius 1 is 1.43 bits per heavy atom. The van der Waals surface area contributed by atoms with Gasteiger partial charge in [-0.3, -0.25) is 4.79 Å². The molecule has 1 aromatic carbocycles. The van der Waals surface area contributed by atoms with Crippen LogP contribution in [0.1, 0.15) is 16.8 Å². The number of carbonyl (C=O) groups is 1. The quantitative estimate of drug-likeness (QED) is 0.846. The molecule has 0 saturated carbocycles. The van der Waals surface area contributed by atoms with Crippen molar-refractivity contribution in [2.75, 3.05) is 23.7 Å². The summed E-state index contributed by atoms with van der Waals surface area (Å²) >= 11 is 5.79. The summed E-state index contributed by atoms with van der Waals surface area (Å²) in [6.45, 7) is 1.44. The number of rotatable bonds is 3. The predicted molar refractivity (Wildman–Crippen MR) is 88.1 cm³/mol. The third kappa shape index (κ3) is 3.37. The van der Waals surface area contributed by atoms with Gasteiger partial charge in [-0.25, -0.2) is 9.37 Å². The molecule has 7 heteroatoms. The van der Waals surface area contributed by atoms with Gasteiger partial charge < -0.3 is 16.0 Å². The average molecular weight is 335 g/mol. The lowest BCUT2D eigenvalue weighted by Crippen LogP contribution is -2.37. The van der Waals surface area contributed by atoms with Crippen LogP contribution in [0.2, 0.25) is 5.02 Å². The average Bonchev–Trinajstić information content (AvgIpc) is 3.00. The highest BCUT2D eigenvalue weighted by atomic mass is 35.5. The van der Waals surface area contributed by atoms with Gasteiger partial charge in [-0.15, -0.1) is 0 Å². The number of aromatic nitrogens is 1. The lowest BCUT2D eigenvalue weighted by Gasteiger charge is -2.18. The second-order valence-electron chi connectivity index (χ2n) is 5.44. The van der Waals surface area contributed by atoms with E-state index < -0.39 is 11.7 Å². The van der Waals surface area contributed by atoms with Gasteiger partial charge in [0.1, 0.15) is 11.6 Å². The smallest absolute Gasteiger partial charge is 0.253 e. The largest absolute Gasteiger partial charge is 0.396 e. The number of pyridine rings is 1. The molecule has 3 N–H and O–H groups in total. The number of amides is 1. The second-order valence-corrected chi connectivity index (χ2v) is 5.88. The van der Waals surface area contributed by atoms with Crippen LogP contribution >= 0.6 is 11.6 Å². The van der Waals surface area contributed by atoms with Crippen molar-refractivity contribution in [2.45, 2.75) is 12.5 Å². The molecule has 0 spiro atoms. The normalized spacial score (nSPS) is 17.3. The van der Waals surface area contributed by atoms with Crippen LogP contribution in [0.25, 0.3) is 0 Å². The molecule has 120 valence electrons. The zero-order valence-electron chi connectivity index (χ0n) is 12.3. The van der Waals surface area contributed by atoms with Crippen molar-refractivity contribution >= 4 is 29.0 Å². The molecular formula is C16H16ClFN4O. The Bertz CT molecular complexity index is 726. The van der Waals surface area contributed by atoms with E-state index >= 15 is 0 Å². The number of nitrogen functional groups attached to an aromatic ring is 1. The Morgan fingerprint density at radius 2 is 2.26 bits per heavy atom. The number of carbonyl (C=O) groups excluding carboxylic acids is 1. The van der Waals surface area contributed by atoms with Crippen LogP contribution in [0.3, 0.4) is 0 Å². The number of benzene rings is 1. The van der Waals surface area contributed by atoms with Crippen molar-refractivity contribution in [1.29, 1.82) is 0 Å². The summed E-state index contributed by atoms with van der Waals surface area (Å²) in [4.78, 5) is 18.7. The zero-order valence-corrected chi connectivity index (χ0v) is 13.1. The minimum atomic E-state index is -0.691. The summed E-state index contributed by atoms with van der Waals surface area (Å²) in [5.74, 6) is -0.237. The number of anilines is 2. The third-order valence-corrected chi connectivity index (χ3v) is 4.05. The third-order valence-electron chi connectivity index (χ3n) is 3.84. The molecule has 1 atom stereocenters. The number of nitrogens with zero attached hydrogens (tertiary/aromatic N) is 2. The first kappa shape index (κ1) is 15.6. The maximum Gasteiger partial charge on any atom is 0.253 e. The molecule has 2 heterocycles. The highest BCUT2D eigenvalue weighted by molar-refractivity contribution is 6.31. The second kappa shape index (κ2) is 6.42. The van der Waals surface area contributed by atoms with Crippen LogP contribution in [0, 0.1) is 5.82 Å². The van der Waals surface area contributed by atoms with Crippen LogP contribution in [0.5, 0.6) is 0 Å². The van der Waals surface area contributed by atoms with Crippen molar-refractivity contribution in [3.63, 3.8) is 0 Å². The van der Waals surface area contributed by atoms with Crippen LogP contribution < -0.4 is 16.0 Å². The van der Waals surface area contributed by atoms with Crippen molar-refractivity contribution in [3.05, 3.63) is 52.9 Å². The maximum atomic E-state index is 13.6. The van der Waals surface area contributed by atoms with E-state index in [2.05, 4.69) is 15.2 Å². The van der Waals surface area contributed by atoms with Gasteiger partial charge in [-0.1, -0.05) is 17.7 Å². The number of hydrogen-bond donors (Lipinski definition) is 2. The molecule has 1 amide bonds. The van der Waals surface area contributed by atoms with Gasteiger partial charge in [-0.05, 0) is 30.7 Å². The molecule has 2 aromatic rings. The van der Waals surface area contributed by atoms with Gasteiger partial charge in [0.05, 0.1) is 11.3 Å². The Kier molecular flexibility index (Phi) is 4.34. The Labute approximate surface area is 138 Å². The Hall–Kier alpha value is -2.34. The van der Waals surface area contributed by atoms with E-state index in [1.165, 1.54) is 6.07 Å². The van der Waals surface area contributed by atoms with E-state index in [-0.39, 0.29) is 22.3 Å². The van der Waals surface area contributed by atoms with Crippen molar-refractivity contribution < 1.29 is 9.18 Å². The van der Waals surface area contributed by atoms with E-state index in [9.17, 15) is 9.18 Å². The fraction of sp³-hybridized carbons (Fsp3) is 0.250. The first-order valence-corrected chi connectivity index (χ1v) is 7.64. The molecule has 1 unspecified atom stereocenters. The molecule has 0 radical (unpaired) electrons. The molecular weight excluding hydrogens is 319 g/mol. The summed E-state index contributed by atoms with van der Waals surface area (Å²) in [6.07, 6.45) is 2.52. The molecule has 0 bridgehead atoms. The lowest BCUT2D eigenvalue weighted by molar-refractivity contribution is 0.0941. The summed E-state index contributed by atoms with van der Waals surface area (Å²) in [7, 11) is 0. The van der Waals surface area contributed by atoms with Crippen LogP contribution in [0.4, 0.5) is 15.9 Å². The Morgan fingerprint density at radius 3 is 3.00 bits per heavy atom. The zero-order chi connectivity index (χ0) is 16.4. The molecule has 1 aliphatic rings. The van der Waals surface area contributed by atoms with Crippen molar-refractivity contribution in [1.82, 2.24) is 10.3 Å². The predicted octanol–water partition coefficient (Wildman–Crippen LogP) is 2.47. The minimum absolute atomic E-state index is 0.0500. The minimum Gasteiger partial charge on any atom is -0.396 e. The van der Waals surface area contributed by atoms with Crippen LogP contribution in [-0.2, 0) is 0 Å². The van der Waals surface area contributed by atoms with Gasteiger partial charge >= 0.3 is 0 Å². The van der Waals surface area contributed by atoms with Gasteiger partial charge in [0.25, 0.3) is 5.91 Å². The highest BCUT2D eigenvalue weighted by Crippen LogP contribution is 2.23. The molecule has 23 heavy (non-hydrogen) atoms. The SMILES string of the molecule is Nc1c(F)cc(Cl)cc1C(=O)NC1CCN(c2ccccn2)C1. The van der Waals surface area contributed by atoms with Crippen LogP contribution in [0.15, 0.2) is 36.5 Å². The van der Waals surface area contributed by atoms with E-state index in [0.717, 1.165) is 24.8 Å². The lowest BCUT2D eigenvalue weighted by atomic mass is 10.1. The first-order chi connectivity index (χ1) is 11.0. The van der Waals surface area contributed by atoms with E-state index in [0.29, 0.717) is 6.54 Å². The van der Waals surface area contributed by atoms with E-state index in [1.54, 1.807) is 6.20 Å². The summed E-state index contributed by atoms with van der Waals surface area (Å²) < 4.78 is 13.6. The standard InChI is InChI=1S/C16H16ClFN4O/c17-10-7-12(15(19)13(18)8-10)16(23)21-11-4-6-22(9-11)14-3-1-2-5-20-14/h1-3,5,7-8,11H,4,6,9,19H2,(H,21,23). The summed E-state index contributed by atoms with van der Waals surface area (Å²) in [5.41, 5.74) is 5.50. The molecule has 1 saturated heterocycles. The van der Waals surface area contributed by atoms with Gasteiger partial charge in [-0.2, -0.15) is 0 Å². The summed E-state index contributed by atoms with van der Waals surface area (Å²) in [5, 5.41) is 3.02. The van der Waals surface area contributed by atoms with E-state index in [4.69, 9.17) is 17.3 Å². The first-order valence-electron chi connectivity index (χ1n) is 7.26. The maximum absolute atomic E-state index is 13.6. The molecule has 1 aromatic heterocycles. The fourth-order valence-corrected chi connectivity index (χ4v) is 2.87. The van der Waals surface area contributed by atoms with Crippen LogP contribution in [-0.4, -0.2) is 30.0 Å². The Balaban J connectivity index is 1.68. The fourth-order valence-electron chi connectivity index (χ4n) is 2.66. The van der Waals surface area contributed by atoms with Crippen molar-refractivity contribution in [2.24, 2.45) is 0 Å². The van der Waals surface area contributed by atoms with E-state index in [1.807, 2.05) is 18.2 Å². The highest BCUT2D eigenvalue weighted by Gasteiger charge is 2.26. The van der Waals surface area contributed by atoms with Gasteiger partial charge in [0.2, 0.25) is 0 Å². The molecule has 3 rings (SSSR count). The number of hydrogen-bond acceptors (Lipinski definition) is 4. The van der Waals surface area contributed by atoms with Crippen molar-refractivity contribution in [3.8, 4) is 0 Å². The number of nitrogens with two attached hydrogens (primary N) is 1. The molecule has 0 aliphatic carbocycles. The molecule has 1 fully saturated rings. The number of nitrogens with one attached hydrogen (secondary N) is 1. The van der Waals surface area contributed by atoms with Gasteiger partial charge in [0, 0.05) is 30.4 Å². The van der Waals surface area contributed by atoms with Gasteiger partial charge in [0.15, 0.2) is 0 Å².